The number of nitrogens with one attached hydrogen (secondary N) is 1. The summed E-state index contributed by atoms with van der Waals surface area (Å²) in [5, 5.41) is 4.09. The molecular formula is C11H17N3OS. The summed E-state index contributed by atoms with van der Waals surface area (Å²) in [6.07, 6.45) is 8.21. The van der Waals surface area contributed by atoms with Gasteiger partial charge in [0, 0.05) is 6.54 Å². The lowest BCUT2D eigenvalue weighted by Crippen LogP contribution is -2.16. The molecule has 16 heavy (non-hydrogen) atoms. The van der Waals surface area contributed by atoms with Gasteiger partial charge in [-0.3, -0.25) is 4.79 Å². The number of rotatable bonds is 4. The summed E-state index contributed by atoms with van der Waals surface area (Å²) < 4.78 is 0. The van der Waals surface area contributed by atoms with Crippen molar-refractivity contribution in [3.8, 4) is 0 Å². The molecule has 1 aliphatic carbocycles. The van der Waals surface area contributed by atoms with Crippen molar-refractivity contribution in [2.24, 2.45) is 11.7 Å². The average molecular weight is 239 g/mol. The fourth-order valence-electron chi connectivity index (χ4n) is 2.09. The Morgan fingerprint density at radius 1 is 1.50 bits per heavy atom. The Hall–Kier alpha value is -1.10. The first-order valence-corrected chi connectivity index (χ1v) is 6.57. The highest BCUT2D eigenvalue weighted by atomic mass is 32.1. The Morgan fingerprint density at radius 2 is 2.25 bits per heavy atom. The third-order valence-corrected chi connectivity index (χ3v) is 3.98. The number of anilines is 1. The van der Waals surface area contributed by atoms with E-state index in [1.165, 1.54) is 49.6 Å². The average Bonchev–Trinajstić information content (AvgIpc) is 2.76. The van der Waals surface area contributed by atoms with Crippen molar-refractivity contribution in [2.75, 3.05) is 11.9 Å². The van der Waals surface area contributed by atoms with Crippen LogP contribution in [0.4, 0.5) is 5.13 Å². The first kappa shape index (κ1) is 11.4. The Kier molecular flexibility index (Phi) is 3.77. The second kappa shape index (κ2) is 5.30. The van der Waals surface area contributed by atoms with Crippen LogP contribution in [0.25, 0.3) is 0 Å². The number of carbonyl (C=O) groups is 1. The minimum absolute atomic E-state index is 0.400. The third kappa shape index (κ3) is 2.95. The quantitative estimate of drug-likeness (QED) is 0.846. The molecule has 1 saturated carbocycles. The van der Waals surface area contributed by atoms with E-state index in [-0.39, 0.29) is 0 Å². The highest BCUT2D eigenvalue weighted by molar-refractivity contribution is 7.17. The van der Waals surface area contributed by atoms with Gasteiger partial charge < -0.3 is 11.1 Å². The SMILES string of the molecule is NC(=O)c1cnc(NCC2CCCCC2)s1. The zero-order chi connectivity index (χ0) is 11.4. The van der Waals surface area contributed by atoms with E-state index in [0.717, 1.165) is 17.6 Å². The lowest BCUT2D eigenvalue weighted by Gasteiger charge is -2.21. The van der Waals surface area contributed by atoms with Crippen LogP contribution in [0, 0.1) is 5.92 Å². The highest BCUT2D eigenvalue weighted by Crippen LogP contribution is 2.25. The molecule has 0 saturated heterocycles. The van der Waals surface area contributed by atoms with Crippen LogP contribution in [0.2, 0.25) is 0 Å². The summed E-state index contributed by atoms with van der Waals surface area (Å²) in [6, 6.07) is 0. The normalized spacial score (nSPS) is 17.2. The number of thiazole rings is 1. The van der Waals surface area contributed by atoms with Crippen LogP contribution in [-0.2, 0) is 0 Å². The first-order chi connectivity index (χ1) is 7.75. The maximum Gasteiger partial charge on any atom is 0.260 e. The molecule has 0 aliphatic heterocycles. The highest BCUT2D eigenvalue weighted by Gasteiger charge is 2.14. The molecule has 0 unspecified atom stereocenters. The summed E-state index contributed by atoms with van der Waals surface area (Å²) >= 11 is 1.33. The summed E-state index contributed by atoms with van der Waals surface area (Å²) in [5.74, 6) is 0.359. The summed E-state index contributed by atoms with van der Waals surface area (Å²) in [5.41, 5.74) is 5.17. The van der Waals surface area contributed by atoms with Crippen molar-refractivity contribution in [3.63, 3.8) is 0 Å². The molecule has 0 spiro atoms. The van der Waals surface area contributed by atoms with E-state index in [4.69, 9.17) is 5.73 Å². The molecule has 0 bridgehead atoms. The van der Waals surface area contributed by atoms with Crippen LogP contribution < -0.4 is 11.1 Å². The number of aromatic nitrogens is 1. The molecule has 4 nitrogen and oxygen atoms in total. The van der Waals surface area contributed by atoms with E-state index in [0.29, 0.717) is 4.88 Å². The van der Waals surface area contributed by atoms with Gasteiger partial charge in [-0.2, -0.15) is 0 Å². The molecule has 88 valence electrons. The monoisotopic (exact) mass is 239 g/mol. The molecule has 1 aromatic heterocycles. The number of amides is 1. The molecule has 5 heteroatoms. The van der Waals surface area contributed by atoms with Crippen molar-refractivity contribution < 1.29 is 4.79 Å². The van der Waals surface area contributed by atoms with Gasteiger partial charge in [-0.1, -0.05) is 30.6 Å². The second-order valence-corrected chi connectivity index (χ2v) is 5.31. The molecule has 1 fully saturated rings. The Labute approximate surface area is 99.3 Å². The fraction of sp³-hybridized carbons (Fsp3) is 0.636. The number of nitrogens with zero attached hydrogens (tertiary/aromatic N) is 1. The molecule has 1 amide bonds. The number of hydrogen-bond donors (Lipinski definition) is 2. The Morgan fingerprint density at radius 3 is 2.88 bits per heavy atom. The lowest BCUT2D eigenvalue weighted by molar-refractivity contribution is 0.100. The smallest absolute Gasteiger partial charge is 0.260 e. The van der Waals surface area contributed by atoms with E-state index < -0.39 is 5.91 Å². The van der Waals surface area contributed by atoms with Gasteiger partial charge in [-0.05, 0) is 18.8 Å². The minimum atomic E-state index is -0.400. The van der Waals surface area contributed by atoms with Crippen LogP contribution in [0.15, 0.2) is 6.20 Å². The van der Waals surface area contributed by atoms with E-state index in [1.807, 2.05) is 0 Å². The molecule has 3 N–H and O–H groups in total. The van der Waals surface area contributed by atoms with Crippen LogP contribution in [-0.4, -0.2) is 17.4 Å². The molecular weight excluding hydrogens is 222 g/mol. The second-order valence-electron chi connectivity index (χ2n) is 4.28. The topological polar surface area (TPSA) is 68.0 Å². The van der Waals surface area contributed by atoms with Gasteiger partial charge in [0.2, 0.25) is 0 Å². The number of carbonyl (C=O) groups excluding carboxylic acids is 1. The van der Waals surface area contributed by atoms with Gasteiger partial charge in [-0.15, -0.1) is 0 Å². The first-order valence-electron chi connectivity index (χ1n) is 5.75. The maximum absolute atomic E-state index is 10.9. The van der Waals surface area contributed by atoms with Crippen LogP contribution in [0.1, 0.15) is 41.8 Å². The van der Waals surface area contributed by atoms with Gasteiger partial charge in [0.25, 0.3) is 5.91 Å². The zero-order valence-corrected chi connectivity index (χ0v) is 10.1. The molecule has 0 radical (unpaired) electrons. The molecule has 1 aromatic rings. The van der Waals surface area contributed by atoms with Gasteiger partial charge in [0.1, 0.15) is 4.88 Å². The van der Waals surface area contributed by atoms with E-state index in [2.05, 4.69) is 10.3 Å². The van der Waals surface area contributed by atoms with Gasteiger partial charge >= 0.3 is 0 Å². The van der Waals surface area contributed by atoms with Crippen molar-refractivity contribution in [1.29, 1.82) is 0 Å². The predicted molar refractivity (Wildman–Crippen MR) is 65.7 cm³/mol. The summed E-state index contributed by atoms with van der Waals surface area (Å²) in [4.78, 5) is 15.5. The Bertz CT molecular complexity index is 358. The number of nitrogens with two attached hydrogens (primary N) is 1. The van der Waals surface area contributed by atoms with Crippen molar-refractivity contribution >= 4 is 22.4 Å². The number of primary amides is 1. The van der Waals surface area contributed by atoms with Gasteiger partial charge in [-0.25, -0.2) is 4.98 Å². The molecule has 1 heterocycles. The molecule has 1 aliphatic rings. The van der Waals surface area contributed by atoms with E-state index in [1.54, 1.807) is 0 Å². The van der Waals surface area contributed by atoms with Gasteiger partial charge in [0.15, 0.2) is 5.13 Å². The van der Waals surface area contributed by atoms with Crippen molar-refractivity contribution in [2.45, 2.75) is 32.1 Å². The summed E-state index contributed by atoms with van der Waals surface area (Å²) in [6.45, 7) is 0.964. The van der Waals surface area contributed by atoms with E-state index >= 15 is 0 Å². The van der Waals surface area contributed by atoms with Crippen LogP contribution >= 0.6 is 11.3 Å². The number of hydrogen-bond acceptors (Lipinski definition) is 4. The van der Waals surface area contributed by atoms with Gasteiger partial charge in [0.05, 0.1) is 6.20 Å². The van der Waals surface area contributed by atoms with Crippen molar-refractivity contribution in [1.82, 2.24) is 4.98 Å². The van der Waals surface area contributed by atoms with Crippen molar-refractivity contribution in [3.05, 3.63) is 11.1 Å². The fourth-order valence-corrected chi connectivity index (χ4v) is 2.77. The Balaban J connectivity index is 1.81. The van der Waals surface area contributed by atoms with Crippen LogP contribution in [0.3, 0.4) is 0 Å². The molecule has 0 atom stereocenters. The minimum Gasteiger partial charge on any atom is -0.365 e. The van der Waals surface area contributed by atoms with E-state index in [9.17, 15) is 4.79 Å². The predicted octanol–water partition coefficient (Wildman–Crippen LogP) is 2.23. The third-order valence-electron chi connectivity index (χ3n) is 3.02. The standard InChI is InChI=1S/C11H17N3OS/c12-10(15)9-7-14-11(16-9)13-6-8-4-2-1-3-5-8/h7-8H,1-6H2,(H2,12,15)(H,13,14). The van der Waals surface area contributed by atoms with Crippen LogP contribution in [0.5, 0.6) is 0 Å². The summed E-state index contributed by atoms with van der Waals surface area (Å²) in [7, 11) is 0. The molecule has 0 aromatic carbocycles. The molecule has 2 rings (SSSR count). The zero-order valence-electron chi connectivity index (χ0n) is 9.24. The lowest BCUT2D eigenvalue weighted by atomic mass is 9.89. The maximum atomic E-state index is 10.9. The largest absolute Gasteiger partial charge is 0.365 e.